The second kappa shape index (κ2) is 6.34. The van der Waals surface area contributed by atoms with Gasteiger partial charge in [-0.1, -0.05) is 36.4 Å². The van der Waals surface area contributed by atoms with Crippen molar-refractivity contribution in [3.63, 3.8) is 0 Å². The molecule has 0 aliphatic heterocycles. The summed E-state index contributed by atoms with van der Waals surface area (Å²) in [5.41, 5.74) is 1.67. The SMILES string of the molecule is O=C(O)c1sc(-c2ccccc2)cc1NSc1cccs1. The van der Waals surface area contributed by atoms with Gasteiger partial charge in [-0.3, -0.25) is 0 Å². The molecular formula is C15H11NO2S3. The van der Waals surface area contributed by atoms with E-state index in [1.54, 1.807) is 11.3 Å². The second-order valence-corrected chi connectivity index (χ2v) is 7.27. The van der Waals surface area contributed by atoms with Crippen LogP contribution in [0.1, 0.15) is 9.67 Å². The molecule has 0 radical (unpaired) electrons. The van der Waals surface area contributed by atoms with Crippen LogP contribution in [0.2, 0.25) is 0 Å². The summed E-state index contributed by atoms with van der Waals surface area (Å²) in [6, 6.07) is 15.7. The lowest BCUT2D eigenvalue weighted by Crippen LogP contribution is -1.96. The Kier molecular flexibility index (Phi) is 4.28. The van der Waals surface area contributed by atoms with E-state index in [9.17, 15) is 9.90 Å². The van der Waals surface area contributed by atoms with E-state index in [-0.39, 0.29) is 0 Å². The van der Waals surface area contributed by atoms with Crippen molar-refractivity contribution < 1.29 is 9.90 Å². The Morgan fingerprint density at radius 2 is 1.95 bits per heavy atom. The Morgan fingerprint density at radius 3 is 2.62 bits per heavy atom. The Labute approximate surface area is 134 Å². The van der Waals surface area contributed by atoms with Crippen molar-refractivity contribution in [2.45, 2.75) is 4.21 Å². The summed E-state index contributed by atoms with van der Waals surface area (Å²) in [5, 5.41) is 11.3. The number of carboxylic acids is 1. The van der Waals surface area contributed by atoms with Crippen LogP contribution in [0.15, 0.2) is 58.1 Å². The van der Waals surface area contributed by atoms with Gasteiger partial charge >= 0.3 is 5.97 Å². The summed E-state index contributed by atoms with van der Waals surface area (Å²) in [5.74, 6) is -0.906. The van der Waals surface area contributed by atoms with Gasteiger partial charge in [0.15, 0.2) is 0 Å². The van der Waals surface area contributed by atoms with E-state index in [2.05, 4.69) is 4.72 Å². The van der Waals surface area contributed by atoms with Crippen molar-refractivity contribution in [1.29, 1.82) is 0 Å². The molecule has 3 rings (SSSR count). The van der Waals surface area contributed by atoms with Gasteiger partial charge in [-0.05, 0) is 35.0 Å². The van der Waals surface area contributed by atoms with Crippen LogP contribution in [0.3, 0.4) is 0 Å². The second-order valence-electron chi connectivity index (χ2n) is 4.16. The number of aromatic carboxylic acids is 1. The molecule has 0 atom stereocenters. The number of thiophene rings is 2. The number of hydrogen-bond acceptors (Lipinski definition) is 5. The minimum atomic E-state index is -0.906. The fourth-order valence-corrected chi connectivity index (χ4v) is 4.27. The van der Waals surface area contributed by atoms with E-state index in [0.717, 1.165) is 14.6 Å². The largest absolute Gasteiger partial charge is 0.477 e. The molecule has 3 nitrogen and oxygen atoms in total. The highest BCUT2D eigenvalue weighted by molar-refractivity contribution is 8.02. The molecular weight excluding hydrogens is 322 g/mol. The predicted octanol–water partition coefficient (Wildman–Crippen LogP) is 5.29. The summed E-state index contributed by atoms with van der Waals surface area (Å²) >= 11 is 4.33. The van der Waals surface area contributed by atoms with E-state index in [4.69, 9.17) is 0 Å². The quantitative estimate of drug-likeness (QED) is 0.623. The molecule has 0 unspecified atom stereocenters. The molecule has 2 heterocycles. The van der Waals surface area contributed by atoms with Crippen molar-refractivity contribution in [2.75, 3.05) is 4.72 Å². The van der Waals surface area contributed by atoms with Crippen molar-refractivity contribution in [1.82, 2.24) is 0 Å². The van der Waals surface area contributed by atoms with Crippen LogP contribution in [0.5, 0.6) is 0 Å². The first-order chi connectivity index (χ1) is 10.2. The smallest absolute Gasteiger partial charge is 0.348 e. The number of carbonyl (C=O) groups is 1. The Morgan fingerprint density at radius 1 is 1.14 bits per heavy atom. The zero-order valence-corrected chi connectivity index (χ0v) is 13.2. The van der Waals surface area contributed by atoms with Gasteiger partial charge in [0.25, 0.3) is 0 Å². The molecule has 2 aromatic heterocycles. The Bertz CT molecular complexity index is 736. The van der Waals surface area contributed by atoms with Crippen LogP contribution in [0.4, 0.5) is 5.69 Å². The van der Waals surface area contributed by atoms with Gasteiger partial charge in [-0.25, -0.2) is 4.79 Å². The third-order valence-corrected chi connectivity index (χ3v) is 5.77. The predicted molar refractivity (Wildman–Crippen MR) is 90.5 cm³/mol. The molecule has 0 saturated heterocycles. The molecule has 0 bridgehead atoms. The average Bonchev–Trinajstić information content (AvgIpc) is 3.15. The maximum atomic E-state index is 11.4. The number of rotatable bonds is 5. The normalized spacial score (nSPS) is 10.5. The highest BCUT2D eigenvalue weighted by Gasteiger charge is 2.16. The summed E-state index contributed by atoms with van der Waals surface area (Å²) in [6.45, 7) is 0. The van der Waals surface area contributed by atoms with Gasteiger partial charge in [0.2, 0.25) is 0 Å². The summed E-state index contributed by atoms with van der Waals surface area (Å²) in [7, 11) is 0. The van der Waals surface area contributed by atoms with Gasteiger partial charge in [-0.15, -0.1) is 22.7 Å². The standard InChI is InChI=1S/C15H11NO2S3/c17-15(18)14-11(16-21-13-7-4-8-19-13)9-12(20-14)10-5-2-1-3-6-10/h1-9,16H,(H,17,18). The third-order valence-electron chi connectivity index (χ3n) is 2.74. The van der Waals surface area contributed by atoms with E-state index in [1.807, 2.05) is 53.9 Å². The van der Waals surface area contributed by atoms with Crippen molar-refractivity contribution in [2.24, 2.45) is 0 Å². The van der Waals surface area contributed by atoms with Crippen LogP contribution in [0.25, 0.3) is 10.4 Å². The Hall–Kier alpha value is -1.76. The summed E-state index contributed by atoms with van der Waals surface area (Å²) in [6.07, 6.45) is 0. The maximum absolute atomic E-state index is 11.4. The first-order valence-corrected chi connectivity index (χ1v) is 8.64. The molecule has 0 fully saturated rings. The van der Waals surface area contributed by atoms with Gasteiger partial charge in [0, 0.05) is 4.88 Å². The number of benzene rings is 1. The van der Waals surface area contributed by atoms with Gasteiger partial charge in [0.1, 0.15) is 4.88 Å². The maximum Gasteiger partial charge on any atom is 0.348 e. The molecule has 0 saturated carbocycles. The molecule has 2 N–H and O–H groups in total. The van der Waals surface area contributed by atoms with Crippen LogP contribution in [-0.4, -0.2) is 11.1 Å². The monoisotopic (exact) mass is 333 g/mol. The zero-order chi connectivity index (χ0) is 14.7. The first kappa shape index (κ1) is 14.2. The highest BCUT2D eigenvalue weighted by Crippen LogP contribution is 2.37. The number of anilines is 1. The zero-order valence-electron chi connectivity index (χ0n) is 10.8. The number of nitrogens with one attached hydrogen (secondary N) is 1. The van der Waals surface area contributed by atoms with Gasteiger partial charge in [-0.2, -0.15) is 0 Å². The third kappa shape index (κ3) is 3.29. The van der Waals surface area contributed by atoms with E-state index in [1.165, 1.54) is 23.3 Å². The summed E-state index contributed by atoms with van der Waals surface area (Å²) in [4.78, 5) is 12.7. The molecule has 0 spiro atoms. The molecule has 0 aliphatic rings. The lowest BCUT2D eigenvalue weighted by Gasteiger charge is -2.01. The first-order valence-electron chi connectivity index (χ1n) is 6.13. The minimum absolute atomic E-state index is 0.331. The summed E-state index contributed by atoms with van der Waals surface area (Å²) < 4.78 is 4.24. The molecule has 1 aromatic carbocycles. The van der Waals surface area contributed by atoms with E-state index in [0.29, 0.717) is 10.6 Å². The number of carboxylic acid groups (broad SMARTS) is 1. The fraction of sp³-hybridized carbons (Fsp3) is 0. The average molecular weight is 333 g/mol. The lowest BCUT2D eigenvalue weighted by molar-refractivity contribution is 0.0703. The van der Waals surface area contributed by atoms with Gasteiger partial charge < -0.3 is 9.83 Å². The molecule has 3 aromatic rings. The fourth-order valence-electron chi connectivity index (χ4n) is 1.80. The van der Waals surface area contributed by atoms with Crippen LogP contribution in [-0.2, 0) is 0 Å². The topological polar surface area (TPSA) is 49.3 Å². The molecule has 106 valence electrons. The number of hydrogen-bond donors (Lipinski definition) is 2. The minimum Gasteiger partial charge on any atom is -0.477 e. The van der Waals surface area contributed by atoms with E-state index >= 15 is 0 Å². The Balaban J connectivity index is 1.88. The molecule has 0 aliphatic carbocycles. The van der Waals surface area contributed by atoms with E-state index < -0.39 is 5.97 Å². The van der Waals surface area contributed by atoms with Crippen molar-refractivity contribution in [3.8, 4) is 10.4 Å². The lowest BCUT2D eigenvalue weighted by atomic mass is 10.2. The molecule has 0 amide bonds. The van der Waals surface area contributed by atoms with Gasteiger partial charge in [0.05, 0.1) is 9.90 Å². The van der Waals surface area contributed by atoms with Crippen LogP contribution in [0, 0.1) is 0 Å². The van der Waals surface area contributed by atoms with Crippen LogP contribution >= 0.6 is 34.6 Å². The highest BCUT2D eigenvalue weighted by atomic mass is 32.2. The molecule has 21 heavy (non-hydrogen) atoms. The van der Waals surface area contributed by atoms with Crippen molar-refractivity contribution >= 4 is 46.3 Å². The van der Waals surface area contributed by atoms with Crippen molar-refractivity contribution in [3.05, 3.63) is 58.8 Å². The molecule has 6 heteroatoms. The van der Waals surface area contributed by atoms with Crippen LogP contribution < -0.4 is 4.72 Å².